The Bertz CT molecular complexity index is 1150. The van der Waals surface area contributed by atoms with Crippen molar-refractivity contribution in [2.24, 2.45) is 0 Å². The van der Waals surface area contributed by atoms with Gasteiger partial charge in [0.25, 0.3) is 5.91 Å². The van der Waals surface area contributed by atoms with Crippen molar-refractivity contribution < 1.29 is 18.4 Å². The quantitative estimate of drug-likeness (QED) is 0.508. The van der Waals surface area contributed by atoms with E-state index in [-0.39, 0.29) is 12.1 Å². The average Bonchev–Trinajstić information content (AvgIpc) is 3.20. The van der Waals surface area contributed by atoms with Crippen LogP contribution in [-0.4, -0.2) is 18.4 Å². The van der Waals surface area contributed by atoms with Gasteiger partial charge in [-0.25, -0.2) is 4.39 Å². The lowest BCUT2D eigenvalue weighted by atomic mass is 10.0. The molecule has 1 aromatic heterocycles. The van der Waals surface area contributed by atoms with Crippen LogP contribution < -0.4 is 10.6 Å². The van der Waals surface area contributed by atoms with E-state index in [1.54, 1.807) is 0 Å². The van der Waals surface area contributed by atoms with Crippen molar-refractivity contribution in [2.45, 2.75) is 6.04 Å². The lowest BCUT2D eigenvalue weighted by Crippen LogP contribution is -2.39. The Morgan fingerprint density at radius 2 is 1.67 bits per heavy atom. The second kappa shape index (κ2) is 8.61. The van der Waals surface area contributed by atoms with Crippen LogP contribution in [0.3, 0.4) is 0 Å². The minimum absolute atomic E-state index is 0.152. The number of fused-ring (bicyclic) bond motifs is 1. The summed E-state index contributed by atoms with van der Waals surface area (Å²) in [6, 6.07) is 23.7. The number of hydrogen-bond acceptors (Lipinski definition) is 3. The van der Waals surface area contributed by atoms with Crippen LogP contribution in [0.1, 0.15) is 27.7 Å². The molecule has 4 rings (SSSR count). The van der Waals surface area contributed by atoms with Crippen LogP contribution in [0.2, 0.25) is 0 Å². The molecule has 30 heavy (non-hydrogen) atoms. The number of rotatable bonds is 6. The Morgan fingerprint density at radius 1 is 0.900 bits per heavy atom. The van der Waals surface area contributed by atoms with E-state index in [1.807, 2.05) is 60.7 Å². The number of nitrogens with one attached hydrogen (secondary N) is 2. The van der Waals surface area contributed by atoms with E-state index < -0.39 is 23.7 Å². The fourth-order valence-electron chi connectivity index (χ4n) is 3.21. The maximum atomic E-state index is 13.3. The Hall–Kier alpha value is -3.93. The summed E-state index contributed by atoms with van der Waals surface area (Å²) in [6.45, 7) is -0.251. The highest BCUT2D eigenvalue weighted by Crippen LogP contribution is 2.28. The number of benzene rings is 3. The molecular weight excluding hydrogens is 383 g/mol. The van der Waals surface area contributed by atoms with E-state index in [1.165, 1.54) is 18.2 Å². The standard InChI is InChI=1S/C24H19FN2O3/c25-19-11-6-10-18(13-19)24(29)26-15-22(28)27-23(16-7-2-1-3-8-16)21-14-17-9-4-5-12-20(17)30-21/h1-14,23H,15H2,(H,26,29)(H,27,28). The maximum absolute atomic E-state index is 13.3. The summed E-state index contributed by atoms with van der Waals surface area (Å²) in [4.78, 5) is 24.7. The van der Waals surface area contributed by atoms with Crippen LogP contribution in [-0.2, 0) is 4.79 Å². The number of carbonyl (C=O) groups is 2. The second-order valence-corrected chi connectivity index (χ2v) is 6.79. The monoisotopic (exact) mass is 402 g/mol. The van der Waals surface area contributed by atoms with Gasteiger partial charge in [-0.15, -0.1) is 0 Å². The van der Waals surface area contributed by atoms with Crippen molar-refractivity contribution in [3.8, 4) is 0 Å². The first kappa shape index (κ1) is 19.4. The van der Waals surface area contributed by atoms with Gasteiger partial charge in [-0.1, -0.05) is 54.6 Å². The molecule has 0 spiro atoms. The minimum atomic E-state index is -0.523. The van der Waals surface area contributed by atoms with Gasteiger partial charge >= 0.3 is 0 Å². The van der Waals surface area contributed by atoms with Gasteiger partial charge in [-0.3, -0.25) is 9.59 Å². The molecule has 3 aromatic carbocycles. The highest BCUT2D eigenvalue weighted by atomic mass is 19.1. The molecule has 1 heterocycles. The molecule has 6 heteroatoms. The lowest BCUT2D eigenvalue weighted by molar-refractivity contribution is -0.120. The van der Waals surface area contributed by atoms with Crippen LogP contribution in [0.15, 0.2) is 89.3 Å². The molecule has 4 aromatic rings. The summed E-state index contributed by atoms with van der Waals surface area (Å²) >= 11 is 0. The molecule has 1 atom stereocenters. The predicted octanol–water partition coefficient (Wildman–Crippen LogP) is 4.21. The van der Waals surface area contributed by atoms with E-state index in [4.69, 9.17) is 4.42 Å². The van der Waals surface area contributed by atoms with Crippen LogP contribution in [0.5, 0.6) is 0 Å². The van der Waals surface area contributed by atoms with Crippen molar-refractivity contribution in [3.05, 3.63) is 108 Å². The summed E-state index contributed by atoms with van der Waals surface area (Å²) in [7, 11) is 0. The Labute approximate surface area is 172 Å². The van der Waals surface area contributed by atoms with Crippen LogP contribution in [0.4, 0.5) is 4.39 Å². The fraction of sp³-hybridized carbons (Fsp3) is 0.0833. The van der Waals surface area contributed by atoms with E-state index in [2.05, 4.69) is 10.6 Å². The third-order valence-electron chi connectivity index (χ3n) is 4.66. The van der Waals surface area contributed by atoms with Gasteiger partial charge in [0.15, 0.2) is 0 Å². The summed E-state index contributed by atoms with van der Waals surface area (Å²) in [6.07, 6.45) is 0. The molecule has 1 unspecified atom stereocenters. The van der Waals surface area contributed by atoms with Crippen molar-refractivity contribution in [1.29, 1.82) is 0 Å². The predicted molar refractivity (Wildman–Crippen MR) is 111 cm³/mol. The number of furan rings is 1. The molecule has 5 nitrogen and oxygen atoms in total. The highest BCUT2D eigenvalue weighted by molar-refractivity contribution is 5.96. The third kappa shape index (κ3) is 4.38. The van der Waals surface area contributed by atoms with Gasteiger partial charge in [0, 0.05) is 10.9 Å². The first-order chi connectivity index (χ1) is 14.6. The molecule has 0 aliphatic carbocycles. The number of amides is 2. The molecule has 0 fully saturated rings. The van der Waals surface area contributed by atoms with Gasteiger partial charge < -0.3 is 15.1 Å². The molecule has 0 saturated carbocycles. The van der Waals surface area contributed by atoms with Gasteiger partial charge in [-0.2, -0.15) is 0 Å². The summed E-state index contributed by atoms with van der Waals surface area (Å²) in [5.41, 5.74) is 1.73. The summed E-state index contributed by atoms with van der Waals surface area (Å²) in [5.74, 6) is -0.841. The van der Waals surface area contributed by atoms with E-state index in [0.29, 0.717) is 5.76 Å². The largest absolute Gasteiger partial charge is 0.459 e. The molecule has 0 radical (unpaired) electrons. The first-order valence-electron chi connectivity index (χ1n) is 9.47. The topological polar surface area (TPSA) is 71.3 Å². The number of halogens is 1. The number of hydrogen-bond donors (Lipinski definition) is 2. The lowest BCUT2D eigenvalue weighted by Gasteiger charge is -2.17. The number of para-hydroxylation sites is 1. The Morgan fingerprint density at radius 3 is 2.43 bits per heavy atom. The summed E-state index contributed by atoms with van der Waals surface area (Å²) in [5, 5.41) is 6.35. The van der Waals surface area contributed by atoms with Crippen LogP contribution in [0.25, 0.3) is 11.0 Å². The van der Waals surface area contributed by atoms with Gasteiger partial charge in [0.2, 0.25) is 5.91 Å². The Kier molecular flexibility index (Phi) is 5.57. The molecule has 0 bridgehead atoms. The van der Waals surface area contributed by atoms with Crippen molar-refractivity contribution in [3.63, 3.8) is 0 Å². The molecular formula is C24H19FN2O3. The zero-order valence-corrected chi connectivity index (χ0v) is 16.0. The molecule has 0 saturated heterocycles. The molecule has 0 aliphatic rings. The average molecular weight is 402 g/mol. The molecule has 150 valence electrons. The number of carbonyl (C=O) groups excluding carboxylic acids is 2. The second-order valence-electron chi connectivity index (χ2n) is 6.79. The smallest absolute Gasteiger partial charge is 0.251 e. The molecule has 2 N–H and O–H groups in total. The molecule has 0 aliphatic heterocycles. The third-order valence-corrected chi connectivity index (χ3v) is 4.66. The van der Waals surface area contributed by atoms with Crippen LogP contribution in [0, 0.1) is 5.82 Å². The minimum Gasteiger partial charge on any atom is -0.459 e. The highest BCUT2D eigenvalue weighted by Gasteiger charge is 2.21. The fourth-order valence-corrected chi connectivity index (χ4v) is 3.21. The van der Waals surface area contributed by atoms with Gasteiger partial charge in [0.1, 0.15) is 23.2 Å². The van der Waals surface area contributed by atoms with Crippen molar-refractivity contribution in [2.75, 3.05) is 6.54 Å². The van der Waals surface area contributed by atoms with Gasteiger partial charge in [-0.05, 0) is 35.9 Å². The van der Waals surface area contributed by atoms with Crippen LogP contribution >= 0.6 is 0 Å². The Balaban J connectivity index is 1.50. The van der Waals surface area contributed by atoms with E-state index in [9.17, 15) is 14.0 Å². The first-order valence-corrected chi connectivity index (χ1v) is 9.47. The maximum Gasteiger partial charge on any atom is 0.251 e. The van der Waals surface area contributed by atoms with Crippen molar-refractivity contribution >= 4 is 22.8 Å². The SMILES string of the molecule is O=C(CNC(=O)c1cccc(F)c1)NC(c1ccccc1)c1cc2ccccc2o1. The summed E-state index contributed by atoms with van der Waals surface area (Å²) < 4.78 is 19.2. The van der Waals surface area contributed by atoms with Crippen molar-refractivity contribution in [1.82, 2.24) is 10.6 Å². The van der Waals surface area contributed by atoms with Gasteiger partial charge in [0.05, 0.1) is 6.54 Å². The van der Waals surface area contributed by atoms with E-state index in [0.717, 1.165) is 22.6 Å². The van der Waals surface area contributed by atoms with E-state index >= 15 is 0 Å². The zero-order valence-electron chi connectivity index (χ0n) is 16.0. The normalized spacial score (nSPS) is 11.8. The molecule has 2 amide bonds. The zero-order chi connectivity index (χ0) is 20.9.